The first-order valence-electron chi connectivity index (χ1n) is 10.0. The summed E-state index contributed by atoms with van der Waals surface area (Å²) in [5.41, 5.74) is 1.54. The quantitative estimate of drug-likeness (QED) is 0.273. The van der Waals surface area contributed by atoms with Crippen LogP contribution in [0.1, 0.15) is 35.9 Å². The van der Waals surface area contributed by atoms with E-state index >= 15 is 0 Å². The van der Waals surface area contributed by atoms with Gasteiger partial charge in [0.15, 0.2) is 5.82 Å². The summed E-state index contributed by atoms with van der Waals surface area (Å²) in [4.78, 5) is 29.2. The number of thioether (sulfide) groups is 1. The molecular formula is C21H25N3O5S3. The number of rotatable bonds is 9. The fraction of sp³-hybridized carbons (Fsp3) is 0.381. The number of hydrogen-bond acceptors (Lipinski definition) is 8. The van der Waals surface area contributed by atoms with E-state index in [1.807, 2.05) is 13.8 Å². The van der Waals surface area contributed by atoms with E-state index in [0.29, 0.717) is 36.6 Å². The van der Waals surface area contributed by atoms with Crippen molar-refractivity contribution in [3.05, 3.63) is 50.9 Å². The first kappa shape index (κ1) is 24.3. The highest BCUT2D eigenvalue weighted by Crippen LogP contribution is 2.38. The number of aryl methyl sites for hydroxylation is 2. The minimum absolute atomic E-state index is 0.00261. The van der Waals surface area contributed by atoms with Crippen molar-refractivity contribution in [2.75, 3.05) is 17.1 Å². The van der Waals surface area contributed by atoms with Crippen LogP contribution in [0.15, 0.2) is 38.2 Å². The van der Waals surface area contributed by atoms with Crippen molar-refractivity contribution in [1.82, 2.24) is 9.55 Å². The van der Waals surface area contributed by atoms with Crippen molar-refractivity contribution in [1.29, 1.82) is 0 Å². The van der Waals surface area contributed by atoms with Crippen LogP contribution in [0.4, 0.5) is 5.82 Å². The number of imidazole rings is 1. The number of aromatic nitrogens is 2. The van der Waals surface area contributed by atoms with Gasteiger partial charge in [0.1, 0.15) is 5.69 Å². The Balaban J connectivity index is 1.93. The molecule has 1 N–H and O–H groups in total. The zero-order valence-corrected chi connectivity index (χ0v) is 20.7. The van der Waals surface area contributed by atoms with Gasteiger partial charge in [0.05, 0.1) is 15.7 Å². The van der Waals surface area contributed by atoms with E-state index in [2.05, 4.69) is 9.71 Å². The second-order valence-corrected chi connectivity index (χ2v) is 11.4. The molecule has 0 unspecified atom stereocenters. The first-order chi connectivity index (χ1) is 15.1. The highest BCUT2D eigenvalue weighted by molar-refractivity contribution is 8.01. The Bertz CT molecular complexity index is 1250. The molecule has 0 radical (unpaired) electrons. The molecule has 0 bridgehead atoms. The number of esters is 1. The third-order valence-electron chi connectivity index (χ3n) is 4.76. The lowest BCUT2D eigenvalue weighted by molar-refractivity contribution is -0.143. The summed E-state index contributed by atoms with van der Waals surface area (Å²) in [5, 5.41) is 0. The molecule has 0 aliphatic carbocycles. The Morgan fingerprint density at radius 3 is 2.56 bits per heavy atom. The molecule has 3 rings (SSSR count). The lowest BCUT2D eigenvalue weighted by atomic mass is 10.2. The summed E-state index contributed by atoms with van der Waals surface area (Å²) in [6.45, 7) is 7.68. The molecule has 0 atom stereocenters. The van der Waals surface area contributed by atoms with E-state index in [1.165, 1.54) is 39.8 Å². The van der Waals surface area contributed by atoms with Gasteiger partial charge in [-0.05, 0) is 52.0 Å². The van der Waals surface area contributed by atoms with Gasteiger partial charge < -0.3 is 4.74 Å². The van der Waals surface area contributed by atoms with Crippen LogP contribution in [0.25, 0.3) is 5.69 Å². The van der Waals surface area contributed by atoms with E-state index in [4.69, 9.17) is 4.74 Å². The lowest BCUT2D eigenvalue weighted by Gasteiger charge is -2.16. The number of carbonyl (C=O) groups is 1. The number of carbonyl (C=O) groups excluding carboxylic acids is 1. The smallest absolute Gasteiger partial charge is 0.354 e. The van der Waals surface area contributed by atoms with Crippen molar-refractivity contribution in [2.45, 2.75) is 49.6 Å². The Labute approximate surface area is 195 Å². The summed E-state index contributed by atoms with van der Waals surface area (Å²) in [6.07, 6.45) is 0.893. The molecule has 11 heteroatoms. The van der Waals surface area contributed by atoms with Gasteiger partial charge in [0.25, 0.3) is 10.0 Å². The number of benzene rings is 1. The predicted molar refractivity (Wildman–Crippen MR) is 127 cm³/mol. The van der Waals surface area contributed by atoms with Crippen LogP contribution < -0.4 is 10.4 Å². The largest absolute Gasteiger partial charge is 0.466 e. The lowest BCUT2D eigenvalue weighted by Crippen LogP contribution is -2.17. The summed E-state index contributed by atoms with van der Waals surface area (Å²) in [5.74, 6) is 0.361. The highest BCUT2D eigenvalue weighted by Gasteiger charge is 2.26. The number of nitrogens with zero attached hydrogens (tertiary/aromatic N) is 2. The van der Waals surface area contributed by atoms with Crippen molar-refractivity contribution in [2.24, 2.45) is 0 Å². The molecule has 172 valence electrons. The van der Waals surface area contributed by atoms with E-state index < -0.39 is 15.7 Å². The molecule has 32 heavy (non-hydrogen) atoms. The van der Waals surface area contributed by atoms with Crippen LogP contribution in [0.5, 0.6) is 0 Å². The van der Waals surface area contributed by atoms with Gasteiger partial charge in [-0.15, -0.1) is 23.1 Å². The minimum Gasteiger partial charge on any atom is -0.466 e. The van der Waals surface area contributed by atoms with Gasteiger partial charge in [0, 0.05) is 17.0 Å². The SMILES string of the molecule is CCOC(=O)CCCSc1sc(C)c(C)n2c(=O)nc(NS(=O)(=O)c3ccc(C)cc3)c1-2. The van der Waals surface area contributed by atoms with Gasteiger partial charge >= 0.3 is 11.7 Å². The average Bonchev–Trinajstić information content (AvgIpc) is 3.04. The predicted octanol–water partition coefficient (Wildman–Crippen LogP) is 3.89. The number of anilines is 1. The maximum absolute atomic E-state index is 12.9. The van der Waals surface area contributed by atoms with E-state index in [-0.39, 0.29) is 16.7 Å². The van der Waals surface area contributed by atoms with Crippen molar-refractivity contribution < 1.29 is 17.9 Å². The maximum Gasteiger partial charge on any atom is 0.354 e. The average molecular weight is 496 g/mol. The standard InChI is InChI=1S/C21H25N3O5S3/c1-5-29-17(25)7-6-12-30-20-18-19(22-21(26)24(18)14(3)15(4)31-20)23-32(27,28)16-10-8-13(2)9-11-16/h8-11H,5-7,12H2,1-4H3,(H,22,23,26). The highest BCUT2D eigenvalue weighted by atomic mass is 32.2. The molecule has 0 aromatic heterocycles. The molecule has 1 aromatic carbocycles. The van der Waals surface area contributed by atoms with Gasteiger partial charge in [0.2, 0.25) is 0 Å². The number of ether oxygens (including phenoxy) is 1. The van der Waals surface area contributed by atoms with Gasteiger partial charge in [-0.2, -0.15) is 4.98 Å². The van der Waals surface area contributed by atoms with Crippen LogP contribution in [-0.2, 0) is 19.6 Å². The molecule has 0 spiro atoms. The topological polar surface area (TPSA) is 107 Å². The molecular weight excluding hydrogens is 470 g/mol. The van der Waals surface area contributed by atoms with Crippen LogP contribution in [0.3, 0.4) is 0 Å². The molecule has 2 heterocycles. The monoisotopic (exact) mass is 495 g/mol. The number of fused-ring (bicyclic) bond motifs is 1. The first-order valence-corrected chi connectivity index (χ1v) is 13.3. The van der Waals surface area contributed by atoms with E-state index in [0.717, 1.165) is 14.6 Å². The van der Waals surface area contributed by atoms with Crippen molar-refractivity contribution >= 4 is 44.9 Å². The molecule has 1 aromatic rings. The number of nitrogens with one attached hydrogen (secondary N) is 1. The molecule has 0 saturated heterocycles. The third kappa shape index (κ3) is 5.33. The maximum atomic E-state index is 12.9. The summed E-state index contributed by atoms with van der Waals surface area (Å²) >= 11 is 2.93. The Morgan fingerprint density at radius 1 is 1.22 bits per heavy atom. The number of sulfonamides is 1. The van der Waals surface area contributed by atoms with E-state index in [1.54, 1.807) is 26.0 Å². The Hall–Kier alpha value is -2.37. The number of hydrogen-bond donors (Lipinski definition) is 1. The minimum atomic E-state index is -3.92. The van der Waals surface area contributed by atoms with Crippen molar-refractivity contribution in [3.8, 4) is 5.69 Å². The summed E-state index contributed by atoms with van der Waals surface area (Å²) in [7, 11) is -3.92. The fourth-order valence-electron chi connectivity index (χ4n) is 3.01. The normalized spacial score (nSPS) is 11.6. The van der Waals surface area contributed by atoms with Gasteiger partial charge in [-0.3, -0.25) is 14.1 Å². The fourth-order valence-corrected chi connectivity index (χ4v) is 6.48. The Morgan fingerprint density at radius 2 is 1.91 bits per heavy atom. The van der Waals surface area contributed by atoms with Crippen LogP contribution in [0.2, 0.25) is 0 Å². The molecule has 2 aliphatic heterocycles. The second-order valence-electron chi connectivity index (χ2n) is 7.13. The van der Waals surface area contributed by atoms with E-state index in [9.17, 15) is 18.0 Å². The molecule has 0 amide bonds. The molecule has 0 saturated carbocycles. The van der Waals surface area contributed by atoms with Crippen molar-refractivity contribution in [3.63, 3.8) is 0 Å². The summed E-state index contributed by atoms with van der Waals surface area (Å²) < 4.78 is 35.4. The molecule has 2 aliphatic rings. The van der Waals surface area contributed by atoms with Crippen LogP contribution in [0, 0.1) is 20.8 Å². The second kappa shape index (κ2) is 10.1. The zero-order chi connectivity index (χ0) is 23.5. The zero-order valence-electron chi connectivity index (χ0n) is 18.3. The Kier molecular flexibility index (Phi) is 7.63. The molecule has 8 nitrogen and oxygen atoms in total. The summed E-state index contributed by atoms with van der Waals surface area (Å²) in [6, 6.07) is 6.44. The van der Waals surface area contributed by atoms with Crippen LogP contribution in [-0.4, -0.2) is 36.3 Å². The van der Waals surface area contributed by atoms with Crippen LogP contribution >= 0.6 is 23.1 Å². The van der Waals surface area contributed by atoms with Gasteiger partial charge in [-0.1, -0.05) is 17.7 Å². The molecule has 0 fully saturated rings. The third-order valence-corrected chi connectivity index (χ3v) is 8.64. The van der Waals surface area contributed by atoms with Gasteiger partial charge in [-0.25, -0.2) is 13.2 Å².